The molecular formula is C14H16N2O2. The largest absolute Gasteiger partial charge is 0.495 e. The monoisotopic (exact) mass is 244 g/mol. The Balaban J connectivity index is 1.97. The van der Waals surface area contributed by atoms with Gasteiger partial charge in [0.05, 0.1) is 19.4 Å². The molecule has 94 valence electrons. The molecule has 0 radical (unpaired) electrons. The number of aliphatic hydroxyl groups is 1. The average Bonchev–Trinajstić information content (AvgIpc) is 2.46. The minimum Gasteiger partial charge on any atom is -0.495 e. The van der Waals surface area contributed by atoms with Gasteiger partial charge in [-0.3, -0.25) is 9.97 Å². The predicted molar refractivity (Wildman–Crippen MR) is 68.3 cm³/mol. The number of ether oxygens (including phenoxy) is 1. The summed E-state index contributed by atoms with van der Waals surface area (Å²) in [6, 6.07) is 5.71. The fraction of sp³-hybridized carbons (Fsp3) is 0.286. The van der Waals surface area contributed by atoms with Gasteiger partial charge in [-0.25, -0.2) is 0 Å². The van der Waals surface area contributed by atoms with Crippen molar-refractivity contribution in [3.63, 3.8) is 0 Å². The SMILES string of the molecule is COc1cncc(C(O)CCc2cccnc2)c1. The molecule has 0 aliphatic rings. The third kappa shape index (κ3) is 3.28. The fourth-order valence-electron chi connectivity index (χ4n) is 1.75. The molecule has 4 heteroatoms. The molecule has 0 fully saturated rings. The van der Waals surface area contributed by atoms with Crippen LogP contribution in [0.25, 0.3) is 0 Å². The second-order valence-corrected chi connectivity index (χ2v) is 4.07. The molecule has 0 saturated carbocycles. The molecule has 1 N–H and O–H groups in total. The van der Waals surface area contributed by atoms with Crippen LogP contribution < -0.4 is 4.74 Å². The van der Waals surface area contributed by atoms with E-state index in [-0.39, 0.29) is 0 Å². The average molecular weight is 244 g/mol. The normalized spacial score (nSPS) is 12.1. The van der Waals surface area contributed by atoms with E-state index in [0.717, 1.165) is 17.5 Å². The van der Waals surface area contributed by atoms with Gasteiger partial charge in [-0.1, -0.05) is 6.07 Å². The van der Waals surface area contributed by atoms with E-state index < -0.39 is 6.10 Å². The Bertz CT molecular complexity index is 488. The van der Waals surface area contributed by atoms with Crippen molar-refractivity contribution in [3.05, 3.63) is 54.1 Å². The second-order valence-electron chi connectivity index (χ2n) is 4.07. The van der Waals surface area contributed by atoms with Crippen LogP contribution in [0, 0.1) is 0 Å². The van der Waals surface area contributed by atoms with E-state index in [2.05, 4.69) is 9.97 Å². The highest BCUT2D eigenvalue weighted by molar-refractivity contribution is 5.25. The van der Waals surface area contributed by atoms with Gasteiger partial charge >= 0.3 is 0 Å². The first-order chi connectivity index (χ1) is 8.79. The number of pyridine rings is 2. The smallest absolute Gasteiger partial charge is 0.137 e. The molecule has 0 aliphatic heterocycles. The van der Waals surface area contributed by atoms with Gasteiger partial charge in [-0.15, -0.1) is 0 Å². The van der Waals surface area contributed by atoms with E-state index in [4.69, 9.17) is 4.74 Å². The van der Waals surface area contributed by atoms with Gasteiger partial charge in [-0.2, -0.15) is 0 Å². The maximum absolute atomic E-state index is 10.1. The highest BCUT2D eigenvalue weighted by atomic mass is 16.5. The second kappa shape index (κ2) is 6.12. The van der Waals surface area contributed by atoms with Crippen molar-refractivity contribution in [2.75, 3.05) is 7.11 Å². The van der Waals surface area contributed by atoms with Crippen molar-refractivity contribution in [2.24, 2.45) is 0 Å². The van der Waals surface area contributed by atoms with E-state index in [1.54, 1.807) is 31.8 Å². The summed E-state index contributed by atoms with van der Waals surface area (Å²) in [4.78, 5) is 8.08. The number of hydrogen-bond donors (Lipinski definition) is 1. The van der Waals surface area contributed by atoms with Crippen LogP contribution in [0.5, 0.6) is 5.75 Å². The molecule has 1 atom stereocenters. The molecule has 2 aromatic heterocycles. The molecule has 18 heavy (non-hydrogen) atoms. The van der Waals surface area contributed by atoms with Crippen LogP contribution in [0.4, 0.5) is 0 Å². The lowest BCUT2D eigenvalue weighted by atomic mass is 10.0. The van der Waals surface area contributed by atoms with Crippen LogP contribution in [0.2, 0.25) is 0 Å². The van der Waals surface area contributed by atoms with E-state index in [9.17, 15) is 5.11 Å². The summed E-state index contributed by atoms with van der Waals surface area (Å²) in [5, 5.41) is 10.1. The third-order valence-electron chi connectivity index (χ3n) is 2.78. The van der Waals surface area contributed by atoms with Crippen molar-refractivity contribution in [1.29, 1.82) is 0 Å². The molecule has 0 saturated heterocycles. The Hall–Kier alpha value is -1.94. The molecule has 2 rings (SSSR count). The summed E-state index contributed by atoms with van der Waals surface area (Å²) >= 11 is 0. The Morgan fingerprint density at radius 1 is 1.28 bits per heavy atom. The van der Waals surface area contributed by atoms with E-state index in [1.165, 1.54) is 0 Å². The van der Waals surface area contributed by atoms with Crippen molar-refractivity contribution in [3.8, 4) is 5.75 Å². The van der Waals surface area contributed by atoms with Gasteiger partial charge in [0.1, 0.15) is 5.75 Å². The standard InChI is InChI=1S/C14H16N2O2/c1-18-13-7-12(9-16-10-13)14(17)5-4-11-3-2-6-15-8-11/h2-3,6-10,14,17H,4-5H2,1H3. The van der Waals surface area contributed by atoms with Crippen molar-refractivity contribution in [1.82, 2.24) is 9.97 Å². The molecule has 0 spiro atoms. The molecule has 0 aliphatic carbocycles. The van der Waals surface area contributed by atoms with E-state index in [0.29, 0.717) is 12.2 Å². The van der Waals surface area contributed by atoms with Crippen molar-refractivity contribution in [2.45, 2.75) is 18.9 Å². The molecule has 1 unspecified atom stereocenters. The number of aliphatic hydroxyl groups excluding tert-OH is 1. The molecule has 2 aromatic rings. The molecule has 4 nitrogen and oxygen atoms in total. The topological polar surface area (TPSA) is 55.2 Å². The van der Waals surface area contributed by atoms with Crippen LogP contribution in [0.3, 0.4) is 0 Å². The lowest BCUT2D eigenvalue weighted by molar-refractivity contribution is 0.167. The van der Waals surface area contributed by atoms with Crippen LogP contribution in [-0.4, -0.2) is 22.2 Å². The first kappa shape index (κ1) is 12.5. The lowest BCUT2D eigenvalue weighted by Gasteiger charge is -2.11. The summed E-state index contributed by atoms with van der Waals surface area (Å²) < 4.78 is 5.08. The zero-order valence-corrected chi connectivity index (χ0v) is 10.3. The predicted octanol–water partition coefficient (Wildman–Crippen LogP) is 2.15. The Morgan fingerprint density at radius 3 is 2.89 bits per heavy atom. The summed E-state index contributed by atoms with van der Waals surface area (Å²) in [7, 11) is 1.59. The minimum absolute atomic E-state index is 0.534. The number of aromatic nitrogens is 2. The number of methoxy groups -OCH3 is 1. The molecule has 0 aromatic carbocycles. The van der Waals surface area contributed by atoms with Gasteiger partial charge in [0.2, 0.25) is 0 Å². The Labute approximate surface area is 106 Å². The zero-order chi connectivity index (χ0) is 12.8. The van der Waals surface area contributed by atoms with Gasteiger partial charge in [0.25, 0.3) is 0 Å². The highest BCUT2D eigenvalue weighted by Gasteiger charge is 2.09. The van der Waals surface area contributed by atoms with Gasteiger partial charge < -0.3 is 9.84 Å². The van der Waals surface area contributed by atoms with E-state index in [1.807, 2.05) is 18.3 Å². The third-order valence-corrected chi connectivity index (χ3v) is 2.78. The first-order valence-corrected chi connectivity index (χ1v) is 5.85. The van der Waals surface area contributed by atoms with Gasteiger partial charge in [-0.05, 0) is 30.5 Å². The number of hydrogen-bond acceptors (Lipinski definition) is 4. The number of aryl methyl sites for hydroxylation is 1. The summed E-state index contributed by atoms with van der Waals surface area (Å²) in [6.45, 7) is 0. The maximum Gasteiger partial charge on any atom is 0.137 e. The lowest BCUT2D eigenvalue weighted by Crippen LogP contribution is -2.01. The fourth-order valence-corrected chi connectivity index (χ4v) is 1.75. The number of rotatable bonds is 5. The first-order valence-electron chi connectivity index (χ1n) is 5.85. The van der Waals surface area contributed by atoms with Crippen molar-refractivity contribution < 1.29 is 9.84 Å². The molecular weight excluding hydrogens is 228 g/mol. The maximum atomic E-state index is 10.1. The quantitative estimate of drug-likeness (QED) is 0.875. The minimum atomic E-state index is -0.534. The van der Waals surface area contributed by atoms with Gasteiger partial charge in [0, 0.05) is 24.2 Å². The van der Waals surface area contributed by atoms with Gasteiger partial charge in [0.15, 0.2) is 0 Å². The molecule has 2 heterocycles. The Morgan fingerprint density at radius 2 is 2.17 bits per heavy atom. The zero-order valence-electron chi connectivity index (χ0n) is 10.3. The van der Waals surface area contributed by atoms with Crippen LogP contribution in [0.15, 0.2) is 43.0 Å². The van der Waals surface area contributed by atoms with Crippen LogP contribution >= 0.6 is 0 Å². The van der Waals surface area contributed by atoms with Crippen LogP contribution in [0.1, 0.15) is 23.7 Å². The summed E-state index contributed by atoms with van der Waals surface area (Å²) in [5.74, 6) is 0.660. The van der Waals surface area contributed by atoms with E-state index >= 15 is 0 Å². The van der Waals surface area contributed by atoms with Crippen LogP contribution in [-0.2, 0) is 6.42 Å². The summed E-state index contributed by atoms with van der Waals surface area (Å²) in [6.07, 6.45) is 7.73. The highest BCUT2D eigenvalue weighted by Crippen LogP contribution is 2.21. The van der Waals surface area contributed by atoms with Crippen molar-refractivity contribution >= 4 is 0 Å². The number of nitrogens with zero attached hydrogens (tertiary/aromatic N) is 2. The Kier molecular flexibility index (Phi) is 4.25. The molecule has 0 bridgehead atoms. The molecule has 0 amide bonds. The summed E-state index contributed by atoms with van der Waals surface area (Å²) in [5.41, 5.74) is 1.89.